The van der Waals surface area contributed by atoms with Gasteiger partial charge in [-0.2, -0.15) is 5.10 Å². The molecule has 40 heavy (non-hydrogen) atoms. The molecule has 0 spiro atoms. The molecule has 10 nitrogen and oxygen atoms in total. The lowest BCUT2D eigenvalue weighted by Crippen LogP contribution is -2.55. The van der Waals surface area contributed by atoms with E-state index >= 15 is 4.39 Å². The third-order valence-electron chi connectivity index (χ3n) is 8.48. The summed E-state index contributed by atoms with van der Waals surface area (Å²) in [4.78, 5) is 31.3. The molecule has 2 fully saturated rings. The van der Waals surface area contributed by atoms with E-state index in [0.717, 1.165) is 33.6 Å². The van der Waals surface area contributed by atoms with Crippen molar-refractivity contribution in [1.82, 2.24) is 34.4 Å². The van der Waals surface area contributed by atoms with Crippen LogP contribution in [0.4, 0.5) is 10.2 Å². The molecule has 6 heterocycles. The van der Waals surface area contributed by atoms with Gasteiger partial charge >= 0.3 is 0 Å². The first kappa shape index (κ1) is 26.6. The Balaban J connectivity index is 1.31. The van der Waals surface area contributed by atoms with Gasteiger partial charge in [-0.1, -0.05) is 13.8 Å². The monoisotopic (exact) mass is 548 g/mol. The summed E-state index contributed by atoms with van der Waals surface area (Å²) < 4.78 is 23.6. The maximum absolute atomic E-state index is 16.5. The summed E-state index contributed by atoms with van der Waals surface area (Å²) in [6, 6.07) is 0.00576. The Morgan fingerprint density at radius 2 is 1.93 bits per heavy atom. The fourth-order valence-electron chi connectivity index (χ4n) is 6.20. The molecule has 0 radical (unpaired) electrons. The molecular weight excluding hydrogens is 511 g/mol. The number of carbonyl (C=O) groups is 1. The second-order valence-corrected chi connectivity index (χ2v) is 11.3. The van der Waals surface area contributed by atoms with Crippen LogP contribution in [0.1, 0.15) is 43.4 Å². The van der Waals surface area contributed by atoms with Gasteiger partial charge in [0.2, 0.25) is 5.91 Å². The van der Waals surface area contributed by atoms with Gasteiger partial charge < -0.3 is 19.5 Å². The molecule has 0 aliphatic carbocycles. The number of hydrogen-bond donors (Lipinski definition) is 1. The number of piperazine rings is 1. The first-order chi connectivity index (χ1) is 19.2. The second kappa shape index (κ2) is 10.4. The molecular formula is C29H37FN8O2. The molecule has 1 amide bonds. The summed E-state index contributed by atoms with van der Waals surface area (Å²) in [5.74, 6) is 0.265. The third kappa shape index (κ3) is 4.50. The number of aromatic nitrogens is 5. The maximum Gasteiger partial charge on any atom is 0.236 e. The number of nitrogens with one attached hydrogen (secondary N) is 1. The van der Waals surface area contributed by atoms with Gasteiger partial charge in [0.15, 0.2) is 17.3 Å². The summed E-state index contributed by atoms with van der Waals surface area (Å²) in [6.07, 6.45) is 5.27. The number of morpholine rings is 1. The van der Waals surface area contributed by atoms with Gasteiger partial charge in [0.1, 0.15) is 6.33 Å². The Hall–Kier alpha value is -3.57. The average Bonchev–Trinajstić information content (AvgIpc) is 3.57. The van der Waals surface area contributed by atoms with Crippen molar-refractivity contribution in [2.75, 3.05) is 57.4 Å². The lowest BCUT2D eigenvalue weighted by atomic mass is 9.94. The summed E-state index contributed by atoms with van der Waals surface area (Å²) in [5.41, 5.74) is 6.42. The minimum atomic E-state index is -0.301. The first-order valence-corrected chi connectivity index (χ1v) is 14.1. The van der Waals surface area contributed by atoms with Crippen LogP contribution in [0, 0.1) is 19.7 Å². The number of hydrogen-bond acceptors (Lipinski definition) is 7. The molecule has 0 aromatic carbocycles. The maximum atomic E-state index is 16.5. The van der Waals surface area contributed by atoms with E-state index in [1.165, 1.54) is 0 Å². The molecule has 2 aliphatic heterocycles. The minimum absolute atomic E-state index is 0.00576. The van der Waals surface area contributed by atoms with Gasteiger partial charge in [-0.25, -0.2) is 18.9 Å². The molecule has 0 bridgehead atoms. The quantitative estimate of drug-likeness (QED) is 0.408. The molecule has 2 saturated heterocycles. The van der Waals surface area contributed by atoms with Gasteiger partial charge in [0.25, 0.3) is 0 Å². The van der Waals surface area contributed by atoms with Crippen molar-refractivity contribution in [3.05, 3.63) is 41.2 Å². The van der Waals surface area contributed by atoms with E-state index in [9.17, 15) is 4.79 Å². The Labute approximate surface area is 233 Å². The molecule has 0 saturated carbocycles. The van der Waals surface area contributed by atoms with Crippen LogP contribution < -0.4 is 4.90 Å². The van der Waals surface area contributed by atoms with Gasteiger partial charge in [-0.3, -0.25) is 9.69 Å². The molecule has 11 heteroatoms. The summed E-state index contributed by atoms with van der Waals surface area (Å²) in [5, 5.41) is 4.94. The number of amides is 1. The van der Waals surface area contributed by atoms with Gasteiger partial charge in [0.05, 0.1) is 37.2 Å². The molecule has 1 atom stereocenters. The van der Waals surface area contributed by atoms with Crippen LogP contribution in [0.25, 0.3) is 27.8 Å². The first-order valence-electron chi connectivity index (χ1n) is 14.1. The molecule has 4 aromatic rings. The van der Waals surface area contributed by atoms with Crippen LogP contribution in [0.2, 0.25) is 0 Å². The Morgan fingerprint density at radius 1 is 1.15 bits per heavy atom. The van der Waals surface area contributed by atoms with Crippen molar-refractivity contribution in [3.63, 3.8) is 0 Å². The van der Waals surface area contributed by atoms with E-state index in [-0.39, 0.29) is 23.7 Å². The number of anilines is 1. The van der Waals surface area contributed by atoms with Crippen molar-refractivity contribution in [1.29, 1.82) is 0 Å². The number of H-pyrrole nitrogens is 1. The zero-order valence-corrected chi connectivity index (χ0v) is 23.9. The van der Waals surface area contributed by atoms with Gasteiger partial charge in [0, 0.05) is 55.9 Å². The highest BCUT2D eigenvalue weighted by Crippen LogP contribution is 2.40. The smallest absolute Gasteiger partial charge is 0.236 e. The van der Waals surface area contributed by atoms with Crippen molar-refractivity contribution in [2.24, 2.45) is 0 Å². The minimum Gasteiger partial charge on any atom is -0.378 e. The van der Waals surface area contributed by atoms with E-state index in [1.54, 1.807) is 17.0 Å². The van der Waals surface area contributed by atoms with Crippen LogP contribution in [-0.2, 0) is 9.53 Å². The fourth-order valence-corrected chi connectivity index (χ4v) is 6.20. The number of ether oxygens (including phenoxy) is 1. The van der Waals surface area contributed by atoms with Crippen LogP contribution in [0.5, 0.6) is 0 Å². The average molecular weight is 549 g/mol. The summed E-state index contributed by atoms with van der Waals surface area (Å²) in [7, 11) is 0. The molecule has 1 N–H and O–H groups in total. The zero-order chi connectivity index (χ0) is 28.1. The van der Waals surface area contributed by atoms with E-state index in [4.69, 9.17) is 4.74 Å². The number of aromatic amines is 1. The number of halogens is 1. The highest BCUT2D eigenvalue weighted by Gasteiger charge is 2.31. The Kier molecular flexibility index (Phi) is 6.95. The van der Waals surface area contributed by atoms with Crippen LogP contribution in [0.3, 0.4) is 0 Å². The van der Waals surface area contributed by atoms with Crippen LogP contribution >= 0.6 is 0 Å². The lowest BCUT2D eigenvalue weighted by molar-refractivity contribution is -0.136. The predicted octanol–water partition coefficient (Wildman–Crippen LogP) is 3.52. The molecule has 2 aliphatic rings. The zero-order valence-electron chi connectivity index (χ0n) is 23.9. The van der Waals surface area contributed by atoms with Crippen molar-refractivity contribution in [3.8, 4) is 11.3 Å². The largest absolute Gasteiger partial charge is 0.378 e. The molecule has 1 unspecified atom stereocenters. The normalized spacial score (nSPS) is 18.9. The van der Waals surface area contributed by atoms with E-state index in [1.807, 2.05) is 22.9 Å². The number of rotatable bonds is 5. The standard InChI is InChI=1S/C29H37FN8O2/c1-17(2)24-25-22(34-27(24)21-14-38-28(32-16-33-38)20(5)19(21)4)12-31-29(26(25)30)37-7-6-35(13-18(37)3)15-23(39)36-8-10-40-11-9-36/h12,14,16-18,34H,6-11,13,15H2,1-5H3. The number of carbonyl (C=O) groups excluding carboxylic acids is 1. The number of pyridine rings is 2. The summed E-state index contributed by atoms with van der Waals surface area (Å²) >= 11 is 0. The van der Waals surface area contributed by atoms with Crippen molar-refractivity contribution >= 4 is 28.3 Å². The number of aryl methyl sites for hydroxylation is 1. The Bertz CT molecular complexity index is 1570. The highest BCUT2D eigenvalue weighted by atomic mass is 19.1. The fraction of sp³-hybridized carbons (Fsp3) is 0.517. The highest BCUT2D eigenvalue weighted by molar-refractivity contribution is 5.94. The third-order valence-corrected chi connectivity index (χ3v) is 8.48. The molecule has 6 rings (SSSR count). The van der Waals surface area contributed by atoms with E-state index < -0.39 is 0 Å². The second-order valence-electron chi connectivity index (χ2n) is 11.3. The SMILES string of the molecule is Cc1c(-c2[nH]c3cnc(N4CCN(CC(=O)N5CCOCC5)CC4C)c(F)c3c2C(C)C)cn2ncnc2c1C. The van der Waals surface area contributed by atoms with Crippen LogP contribution in [-0.4, -0.2) is 98.8 Å². The van der Waals surface area contributed by atoms with Crippen molar-refractivity contribution in [2.45, 2.75) is 46.6 Å². The number of fused-ring (bicyclic) bond motifs is 2. The molecule has 4 aromatic heterocycles. The lowest BCUT2D eigenvalue weighted by Gasteiger charge is -2.41. The Morgan fingerprint density at radius 3 is 2.65 bits per heavy atom. The van der Waals surface area contributed by atoms with E-state index in [2.05, 4.69) is 52.6 Å². The predicted molar refractivity (Wildman–Crippen MR) is 152 cm³/mol. The topological polar surface area (TPSA) is 94.9 Å². The van der Waals surface area contributed by atoms with Crippen molar-refractivity contribution < 1.29 is 13.9 Å². The summed E-state index contributed by atoms with van der Waals surface area (Å²) in [6.45, 7) is 15.2. The van der Waals surface area contributed by atoms with Gasteiger partial charge in [-0.05, 0) is 43.4 Å². The van der Waals surface area contributed by atoms with E-state index in [0.29, 0.717) is 69.2 Å². The van der Waals surface area contributed by atoms with Crippen LogP contribution in [0.15, 0.2) is 18.7 Å². The van der Waals surface area contributed by atoms with Gasteiger partial charge in [-0.15, -0.1) is 0 Å². The number of nitrogens with zero attached hydrogens (tertiary/aromatic N) is 7. The molecule has 212 valence electrons.